The molecule has 1 atom stereocenters. The molecule has 126 valence electrons. The molecule has 0 bridgehead atoms. The summed E-state index contributed by atoms with van der Waals surface area (Å²) >= 11 is 0. The van der Waals surface area contributed by atoms with Crippen LogP contribution in [0.4, 0.5) is 0 Å². The van der Waals surface area contributed by atoms with Gasteiger partial charge in [0.25, 0.3) is 0 Å². The molecular formula is C15H27N3O3S. The van der Waals surface area contributed by atoms with Crippen molar-refractivity contribution >= 4 is 10.0 Å². The Hall–Kier alpha value is -0.920. The predicted octanol–water partition coefficient (Wildman–Crippen LogP) is 1.85. The van der Waals surface area contributed by atoms with E-state index in [4.69, 9.17) is 4.74 Å². The molecule has 1 aromatic heterocycles. The van der Waals surface area contributed by atoms with Gasteiger partial charge in [-0.05, 0) is 24.2 Å². The summed E-state index contributed by atoms with van der Waals surface area (Å²) in [5, 5.41) is 0. The summed E-state index contributed by atoms with van der Waals surface area (Å²) in [6.45, 7) is 7.13. The Balaban J connectivity index is 2.23. The minimum atomic E-state index is -3.37. The fourth-order valence-electron chi connectivity index (χ4n) is 2.89. The average molecular weight is 329 g/mol. The Labute approximate surface area is 133 Å². The van der Waals surface area contributed by atoms with Gasteiger partial charge in [0.05, 0.1) is 11.8 Å². The smallest absolute Gasteiger partial charge is 0.212 e. The van der Waals surface area contributed by atoms with Crippen LogP contribution in [0.2, 0.25) is 0 Å². The van der Waals surface area contributed by atoms with E-state index < -0.39 is 10.0 Å². The predicted molar refractivity (Wildman–Crippen MR) is 85.9 cm³/mol. The molecule has 22 heavy (non-hydrogen) atoms. The molecule has 0 aromatic carbocycles. The monoisotopic (exact) mass is 329 g/mol. The lowest BCUT2D eigenvalue weighted by Crippen LogP contribution is -2.40. The Kier molecular flexibility index (Phi) is 5.29. The molecule has 1 N–H and O–H groups in total. The highest BCUT2D eigenvalue weighted by atomic mass is 32.2. The second-order valence-corrected chi connectivity index (χ2v) is 9.02. The molecule has 1 aromatic rings. The van der Waals surface area contributed by atoms with Gasteiger partial charge in [-0.2, -0.15) is 0 Å². The zero-order valence-corrected chi connectivity index (χ0v) is 14.7. The summed E-state index contributed by atoms with van der Waals surface area (Å²) in [5.41, 5.74) is -0.284. The molecule has 7 heteroatoms. The van der Waals surface area contributed by atoms with Gasteiger partial charge >= 0.3 is 0 Å². The van der Waals surface area contributed by atoms with Crippen molar-refractivity contribution in [1.82, 2.24) is 14.3 Å². The van der Waals surface area contributed by atoms with E-state index in [2.05, 4.69) is 9.71 Å². The van der Waals surface area contributed by atoms with Crippen LogP contribution in [0.5, 0.6) is 0 Å². The highest BCUT2D eigenvalue weighted by Gasteiger charge is 2.33. The molecule has 0 saturated carbocycles. The van der Waals surface area contributed by atoms with Crippen LogP contribution in [0.3, 0.4) is 0 Å². The van der Waals surface area contributed by atoms with Crippen LogP contribution in [0.25, 0.3) is 0 Å². The summed E-state index contributed by atoms with van der Waals surface area (Å²) in [4.78, 5) is 4.37. The number of sulfonamides is 1. The topological polar surface area (TPSA) is 73.2 Å². The van der Waals surface area contributed by atoms with Crippen molar-refractivity contribution in [3.8, 4) is 0 Å². The number of hydrogen-bond acceptors (Lipinski definition) is 4. The molecule has 0 radical (unpaired) electrons. The third kappa shape index (κ3) is 4.79. The minimum absolute atomic E-state index is 0.101. The van der Waals surface area contributed by atoms with E-state index in [1.165, 1.54) is 0 Å². The van der Waals surface area contributed by atoms with Gasteiger partial charge in [0.2, 0.25) is 10.0 Å². The Bertz CT molecular complexity index is 583. The highest BCUT2D eigenvalue weighted by molar-refractivity contribution is 7.89. The SMILES string of the molecule is Cn1ccnc1C(NS(=O)(=O)CC(C)(C)C)C1CCOCC1. The van der Waals surface area contributed by atoms with E-state index in [1.807, 2.05) is 38.6 Å². The van der Waals surface area contributed by atoms with Crippen LogP contribution in [0.15, 0.2) is 12.4 Å². The fourth-order valence-corrected chi connectivity index (χ4v) is 4.80. The van der Waals surface area contributed by atoms with Crippen LogP contribution in [-0.4, -0.2) is 36.9 Å². The minimum Gasteiger partial charge on any atom is -0.381 e. The summed E-state index contributed by atoms with van der Waals surface area (Å²) in [5.74, 6) is 1.08. The van der Waals surface area contributed by atoms with Gasteiger partial charge in [0.1, 0.15) is 5.82 Å². The van der Waals surface area contributed by atoms with E-state index in [-0.39, 0.29) is 23.1 Å². The maximum Gasteiger partial charge on any atom is 0.212 e. The van der Waals surface area contributed by atoms with Crippen molar-refractivity contribution in [3.05, 3.63) is 18.2 Å². The van der Waals surface area contributed by atoms with Gasteiger partial charge in [-0.25, -0.2) is 18.1 Å². The number of nitrogens with one attached hydrogen (secondary N) is 1. The normalized spacial score (nSPS) is 19.3. The van der Waals surface area contributed by atoms with E-state index in [0.29, 0.717) is 13.2 Å². The van der Waals surface area contributed by atoms with Gasteiger partial charge in [-0.1, -0.05) is 20.8 Å². The maximum absolute atomic E-state index is 12.5. The quantitative estimate of drug-likeness (QED) is 0.895. The van der Waals surface area contributed by atoms with Gasteiger partial charge in [-0.15, -0.1) is 0 Å². The van der Waals surface area contributed by atoms with Crippen molar-refractivity contribution in [3.63, 3.8) is 0 Å². The first kappa shape index (κ1) is 17.4. The van der Waals surface area contributed by atoms with Crippen molar-refractivity contribution in [2.45, 2.75) is 39.7 Å². The van der Waals surface area contributed by atoms with Crippen LogP contribution >= 0.6 is 0 Å². The third-order valence-corrected chi connectivity index (χ3v) is 5.66. The summed E-state index contributed by atoms with van der Waals surface area (Å²) in [7, 11) is -1.48. The number of imidazole rings is 1. The zero-order chi connectivity index (χ0) is 16.4. The number of nitrogens with zero attached hydrogens (tertiary/aromatic N) is 2. The van der Waals surface area contributed by atoms with Crippen LogP contribution in [0.1, 0.15) is 45.5 Å². The van der Waals surface area contributed by atoms with E-state index >= 15 is 0 Å². The lowest BCUT2D eigenvalue weighted by Gasteiger charge is -2.31. The first-order valence-corrected chi connectivity index (χ1v) is 9.38. The first-order valence-electron chi connectivity index (χ1n) is 7.73. The van der Waals surface area contributed by atoms with Crippen molar-refractivity contribution in [2.24, 2.45) is 18.4 Å². The van der Waals surface area contributed by atoms with E-state index in [1.54, 1.807) is 6.20 Å². The van der Waals surface area contributed by atoms with Crippen molar-refractivity contribution in [1.29, 1.82) is 0 Å². The van der Waals surface area contributed by atoms with Gasteiger partial charge in [0, 0.05) is 32.7 Å². The molecular weight excluding hydrogens is 302 g/mol. The number of hydrogen-bond donors (Lipinski definition) is 1. The fraction of sp³-hybridized carbons (Fsp3) is 0.800. The van der Waals surface area contributed by atoms with Gasteiger partial charge < -0.3 is 9.30 Å². The van der Waals surface area contributed by atoms with Crippen LogP contribution < -0.4 is 4.72 Å². The Morgan fingerprint density at radius 2 is 2.05 bits per heavy atom. The molecule has 1 saturated heterocycles. The molecule has 0 aliphatic carbocycles. The number of rotatable bonds is 5. The molecule has 0 amide bonds. The van der Waals surface area contributed by atoms with Crippen LogP contribution in [-0.2, 0) is 21.8 Å². The van der Waals surface area contributed by atoms with Gasteiger partial charge in [-0.3, -0.25) is 0 Å². The molecule has 2 rings (SSSR count). The van der Waals surface area contributed by atoms with Gasteiger partial charge in [0.15, 0.2) is 0 Å². The van der Waals surface area contributed by atoms with Crippen molar-refractivity contribution in [2.75, 3.05) is 19.0 Å². The molecule has 1 aliphatic rings. The number of aromatic nitrogens is 2. The number of aryl methyl sites for hydroxylation is 1. The summed E-state index contributed by atoms with van der Waals surface area (Å²) in [6, 6.07) is -0.295. The van der Waals surface area contributed by atoms with E-state index in [9.17, 15) is 8.42 Å². The third-order valence-electron chi connectivity index (χ3n) is 3.80. The number of ether oxygens (including phenoxy) is 1. The molecule has 1 aliphatic heterocycles. The summed E-state index contributed by atoms with van der Waals surface area (Å²) < 4.78 is 35.2. The summed E-state index contributed by atoms with van der Waals surface area (Å²) in [6.07, 6.45) is 5.24. The standard InChI is InChI=1S/C15H27N3O3S/c1-15(2,3)11-22(19,20)17-13(12-5-9-21-10-6-12)14-16-7-8-18(14)4/h7-8,12-13,17H,5-6,9-11H2,1-4H3. The van der Waals surface area contributed by atoms with E-state index in [0.717, 1.165) is 18.7 Å². The lowest BCUT2D eigenvalue weighted by atomic mass is 9.92. The first-order chi connectivity index (χ1) is 10.2. The van der Waals surface area contributed by atoms with Crippen molar-refractivity contribution < 1.29 is 13.2 Å². The second kappa shape index (κ2) is 6.68. The Morgan fingerprint density at radius 3 is 2.55 bits per heavy atom. The molecule has 1 unspecified atom stereocenters. The van der Waals surface area contributed by atoms with Crippen LogP contribution in [0, 0.1) is 11.3 Å². The molecule has 1 fully saturated rings. The largest absolute Gasteiger partial charge is 0.381 e. The lowest BCUT2D eigenvalue weighted by molar-refractivity contribution is 0.0551. The maximum atomic E-state index is 12.5. The molecule has 2 heterocycles. The second-order valence-electron chi connectivity index (χ2n) is 7.26. The highest BCUT2D eigenvalue weighted by Crippen LogP contribution is 2.30. The zero-order valence-electron chi connectivity index (χ0n) is 13.9. The molecule has 0 spiro atoms. The average Bonchev–Trinajstić information content (AvgIpc) is 2.80. The molecule has 6 nitrogen and oxygen atoms in total. The Morgan fingerprint density at radius 1 is 1.41 bits per heavy atom.